The van der Waals surface area contributed by atoms with Crippen LogP contribution in [0.5, 0.6) is 0 Å². The standard InChI is InChI=1S/C13H20ClN3O2/c1-4-5-11-16-10(14)6-12(17-11)15-7-9-8-18-13(2,3)19-9/h6,9H,4-5,7-8H2,1-3H3,(H,15,16,17). The number of halogens is 1. The molecule has 0 amide bonds. The lowest BCUT2D eigenvalue weighted by Crippen LogP contribution is -2.26. The third-order valence-corrected chi connectivity index (χ3v) is 2.99. The van der Waals surface area contributed by atoms with Gasteiger partial charge in [0.05, 0.1) is 6.61 Å². The van der Waals surface area contributed by atoms with E-state index in [-0.39, 0.29) is 6.10 Å². The van der Waals surface area contributed by atoms with Crippen molar-refractivity contribution in [1.82, 2.24) is 9.97 Å². The highest BCUT2D eigenvalue weighted by molar-refractivity contribution is 6.29. The first kappa shape index (κ1) is 14.5. The molecular weight excluding hydrogens is 266 g/mol. The number of hydrogen-bond donors (Lipinski definition) is 1. The molecule has 1 aromatic rings. The van der Waals surface area contributed by atoms with Crippen molar-refractivity contribution in [3.63, 3.8) is 0 Å². The van der Waals surface area contributed by atoms with Gasteiger partial charge in [-0.1, -0.05) is 18.5 Å². The predicted octanol–water partition coefficient (Wildman–Crippen LogP) is 2.65. The van der Waals surface area contributed by atoms with Crippen LogP contribution < -0.4 is 5.32 Å². The molecule has 0 spiro atoms. The van der Waals surface area contributed by atoms with Crippen LogP contribution in [0.25, 0.3) is 0 Å². The normalized spacial score (nSPS) is 21.6. The van der Waals surface area contributed by atoms with Crippen molar-refractivity contribution in [2.75, 3.05) is 18.5 Å². The van der Waals surface area contributed by atoms with Crippen LogP contribution in [0, 0.1) is 0 Å². The monoisotopic (exact) mass is 285 g/mol. The van der Waals surface area contributed by atoms with Crippen molar-refractivity contribution in [3.05, 3.63) is 17.0 Å². The van der Waals surface area contributed by atoms with Gasteiger partial charge in [-0.2, -0.15) is 0 Å². The zero-order valence-corrected chi connectivity index (χ0v) is 12.3. The number of anilines is 1. The van der Waals surface area contributed by atoms with E-state index in [2.05, 4.69) is 22.2 Å². The van der Waals surface area contributed by atoms with Crippen molar-refractivity contribution in [3.8, 4) is 0 Å². The Kier molecular flexibility index (Phi) is 4.60. The van der Waals surface area contributed by atoms with Gasteiger partial charge in [0.25, 0.3) is 0 Å². The Bertz CT molecular complexity index is 440. The largest absolute Gasteiger partial charge is 0.367 e. The molecule has 6 heteroatoms. The fraction of sp³-hybridized carbons (Fsp3) is 0.692. The van der Waals surface area contributed by atoms with Crippen molar-refractivity contribution >= 4 is 17.4 Å². The summed E-state index contributed by atoms with van der Waals surface area (Å²) in [5, 5.41) is 3.69. The fourth-order valence-corrected chi connectivity index (χ4v) is 2.17. The highest BCUT2D eigenvalue weighted by Crippen LogP contribution is 2.22. The van der Waals surface area contributed by atoms with E-state index in [9.17, 15) is 0 Å². The van der Waals surface area contributed by atoms with Gasteiger partial charge in [0, 0.05) is 19.0 Å². The van der Waals surface area contributed by atoms with E-state index in [4.69, 9.17) is 21.1 Å². The number of rotatable bonds is 5. The summed E-state index contributed by atoms with van der Waals surface area (Å²) in [5.74, 6) is 1.00. The molecule has 1 fully saturated rings. The molecule has 1 atom stereocenters. The van der Waals surface area contributed by atoms with Crippen LogP contribution in [0.15, 0.2) is 6.07 Å². The van der Waals surface area contributed by atoms with E-state index in [1.54, 1.807) is 6.07 Å². The fourth-order valence-electron chi connectivity index (χ4n) is 1.97. The average Bonchev–Trinajstić information content (AvgIpc) is 2.66. The Balaban J connectivity index is 1.92. The number of nitrogens with one attached hydrogen (secondary N) is 1. The summed E-state index contributed by atoms with van der Waals surface area (Å²) >= 11 is 5.98. The third kappa shape index (κ3) is 4.30. The Labute approximate surface area is 118 Å². The number of aromatic nitrogens is 2. The second-order valence-corrected chi connectivity index (χ2v) is 5.46. The quantitative estimate of drug-likeness (QED) is 0.843. The van der Waals surface area contributed by atoms with Gasteiger partial charge < -0.3 is 14.8 Å². The molecule has 106 valence electrons. The zero-order valence-electron chi connectivity index (χ0n) is 11.6. The molecule has 0 aromatic carbocycles. The molecule has 1 aliphatic rings. The van der Waals surface area contributed by atoms with Crippen LogP contribution >= 0.6 is 11.6 Å². The van der Waals surface area contributed by atoms with E-state index in [0.717, 1.165) is 24.5 Å². The molecule has 1 aromatic heterocycles. The number of aryl methyl sites for hydroxylation is 1. The third-order valence-electron chi connectivity index (χ3n) is 2.79. The van der Waals surface area contributed by atoms with Gasteiger partial charge >= 0.3 is 0 Å². The number of ether oxygens (including phenoxy) is 2. The second-order valence-electron chi connectivity index (χ2n) is 5.07. The van der Waals surface area contributed by atoms with Gasteiger partial charge in [-0.3, -0.25) is 0 Å². The lowest BCUT2D eigenvalue weighted by molar-refractivity contribution is -0.136. The van der Waals surface area contributed by atoms with Gasteiger partial charge in [-0.25, -0.2) is 9.97 Å². The highest BCUT2D eigenvalue weighted by atomic mass is 35.5. The maximum absolute atomic E-state index is 5.98. The van der Waals surface area contributed by atoms with Gasteiger partial charge in [-0.15, -0.1) is 0 Å². The van der Waals surface area contributed by atoms with Gasteiger partial charge in [0.2, 0.25) is 0 Å². The minimum atomic E-state index is -0.497. The van der Waals surface area contributed by atoms with Crippen LogP contribution in [-0.2, 0) is 15.9 Å². The van der Waals surface area contributed by atoms with Crippen LogP contribution in [0.4, 0.5) is 5.82 Å². The maximum atomic E-state index is 5.98. The summed E-state index contributed by atoms with van der Waals surface area (Å²) in [4.78, 5) is 8.60. The molecule has 19 heavy (non-hydrogen) atoms. The molecule has 1 aliphatic heterocycles. The first-order valence-electron chi connectivity index (χ1n) is 6.57. The van der Waals surface area contributed by atoms with Gasteiger partial charge in [-0.05, 0) is 20.3 Å². The summed E-state index contributed by atoms with van der Waals surface area (Å²) < 4.78 is 11.2. The molecule has 0 bridgehead atoms. The smallest absolute Gasteiger partial charge is 0.163 e. The maximum Gasteiger partial charge on any atom is 0.163 e. The van der Waals surface area contributed by atoms with Crippen LogP contribution in [0.2, 0.25) is 5.15 Å². The summed E-state index contributed by atoms with van der Waals surface area (Å²) in [6, 6.07) is 1.72. The average molecular weight is 286 g/mol. The molecule has 5 nitrogen and oxygen atoms in total. The molecule has 0 saturated carbocycles. The Morgan fingerprint density at radius 3 is 2.89 bits per heavy atom. The van der Waals surface area contributed by atoms with Gasteiger partial charge in [0.1, 0.15) is 22.9 Å². The number of nitrogens with zero attached hydrogens (tertiary/aromatic N) is 2. The first-order chi connectivity index (χ1) is 8.98. The summed E-state index contributed by atoms with van der Waals surface area (Å²) in [5.41, 5.74) is 0. The summed E-state index contributed by atoms with van der Waals surface area (Å²) in [7, 11) is 0. The Hall–Kier alpha value is -0.910. The lowest BCUT2D eigenvalue weighted by Gasteiger charge is -2.17. The molecule has 2 heterocycles. The summed E-state index contributed by atoms with van der Waals surface area (Å²) in [6.07, 6.45) is 1.84. The molecule has 2 rings (SSSR count). The molecule has 1 N–H and O–H groups in total. The molecule has 1 saturated heterocycles. The van der Waals surface area contributed by atoms with Crippen LogP contribution in [-0.4, -0.2) is 35.0 Å². The van der Waals surface area contributed by atoms with Crippen LogP contribution in [0.1, 0.15) is 33.0 Å². The van der Waals surface area contributed by atoms with Crippen molar-refractivity contribution in [1.29, 1.82) is 0 Å². The molecule has 0 aliphatic carbocycles. The first-order valence-corrected chi connectivity index (χ1v) is 6.95. The highest BCUT2D eigenvalue weighted by Gasteiger charge is 2.32. The van der Waals surface area contributed by atoms with E-state index in [0.29, 0.717) is 18.3 Å². The SMILES string of the molecule is CCCc1nc(Cl)cc(NCC2COC(C)(C)O2)n1. The van der Waals surface area contributed by atoms with E-state index >= 15 is 0 Å². The Morgan fingerprint density at radius 1 is 1.47 bits per heavy atom. The summed E-state index contributed by atoms with van der Waals surface area (Å²) in [6.45, 7) is 7.13. The van der Waals surface area contributed by atoms with E-state index in [1.165, 1.54) is 0 Å². The minimum absolute atomic E-state index is 0.0263. The lowest BCUT2D eigenvalue weighted by atomic mass is 10.3. The van der Waals surface area contributed by atoms with Crippen molar-refractivity contribution in [2.24, 2.45) is 0 Å². The topological polar surface area (TPSA) is 56.3 Å². The second kappa shape index (κ2) is 6.03. The number of hydrogen-bond acceptors (Lipinski definition) is 5. The van der Waals surface area contributed by atoms with E-state index in [1.807, 2.05) is 13.8 Å². The Morgan fingerprint density at radius 2 is 2.26 bits per heavy atom. The minimum Gasteiger partial charge on any atom is -0.367 e. The molecule has 1 unspecified atom stereocenters. The van der Waals surface area contributed by atoms with Crippen LogP contribution in [0.3, 0.4) is 0 Å². The predicted molar refractivity (Wildman–Crippen MR) is 74.4 cm³/mol. The molecule has 0 radical (unpaired) electrons. The zero-order chi connectivity index (χ0) is 13.9. The van der Waals surface area contributed by atoms with Gasteiger partial charge in [0.15, 0.2) is 5.79 Å². The molecular formula is C13H20ClN3O2. The van der Waals surface area contributed by atoms with Crippen molar-refractivity contribution < 1.29 is 9.47 Å². The van der Waals surface area contributed by atoms with Crippen molar-refractivity contribution in [2.45, 2.75) is 45.5 Å². The van der Waals surface area contributed by atoms with E-state index < -0.39 is 5.79 Å².